The Bertz CT molecular complexity index is 804. The van der Waals surface area contributed by atoms with Crippen LogP contribution in [0.15, 0.2) is 51.8 Å². The van der Waals surface area contributed by atoms with Crippen LogP contribution in [0.3, 0.4) is 0 Å². The molecule has 2 aromatic carbocycles. The SMILES string of the molecule is CS(=O)(=O)c1cccc(C(=O)Nc2ccc(N)cc2Br)c1. The average molecular weight is 369 g/mol. The van der Waals surface area contributed by atoms with Gasteiger partial charge in [-0.3, -0.25) is 4.79 Å². The zero-order chi connectivity index (χ0) is 15.6. The Kier molecular flexibility index (Phi) is 4.34. The van der Waals surface area contributed by atoms with Gasteiger partial charge >= 0.3 is 0 Å². The molecule has 0 bridgehead atoms. The Hall–Kier alpha value is -1.86. The predicted molar refractivity (Wildman–Crippen MR) is 86.1 cm³/mol. The molecule has 0 aliphatic carbocycles. The van der Waals surface area contributed by atoms with Crippen molar-refractivity contribution in [1.82, 2.24) is 0 Å². The van der Waals surface area contributed by atoms with Crippen molar-refractivity contribution in [1.29, 1.82) is 0 Å². The molecule has 0 unspecified atom stereocenters. The summed E-state index contributed by atoms with van der Waals surface area (Å²) in [6.45, 7) is 0. The monoisotopic (exact) mass is 368 g/mol. The van der Waals surface area contributed by atoms with Gasteiger partial charge in [-0.2, -0.15) is 0 Å². The maximum absolute atomic E-state index is 12.2. The molecular formula is C14H13BrN2O3S. The standard InChI is InChI=1S/C14H13BrN2O3S/c1-21(19,20)11-4-2-3-9(7-11)14(18)17-13-6-5-10(16)8-12(13)15/h2-8H,16H2,1H3,(H,17,18). The van der Waals surface area contributed by atoms with Gasteiger partial charge in [0.2, 0.25) is 0 Å². The van der Waals surface area contributed by atoms with Crippen molar-refractivity contribution in [3.8, 4) is 0 Å². The number of hydrogen-bond donors (Lipinski definition) is 2. The molecule has 0 aliphatic rings. The molecule has 0 spiro atoms. The van der Waals surface area contributed by atoms with E-state index in [1.165, 1.54) is 18.2 Å². The first-order valence-corrected chi connectivity index (χ1v) is 8.62. The van der Waals surface area contributed by atoms with E-state index in [1.54, 1.807) is 24.3 Å². The average Bonchev–Trinajstić information content (AvgIpc) is 2.41. The molecule has 2 rings (SSSR count). The largest absolute Gasteiger partial charge is 0.399 e. The van der Waals surface area contributed by atoms with E-state index < -0.39 is 15.7 Å². The summed E-state index contributed by atoms with van der Waals surface area (Å²) in [5.41, 5.74) is 7.02. The van der Waals surface area contributed by atoms with E-state index in [9.17, 15) is 13.2 Å². The number of nitrogen functional groups attached to an aromatic ring is 1. The van der Waals surface area contributed by atoms with Crippen LogP contribution in [0.5, 0.6) is 0 Å². The fourth-order valence-corrected chi connectivity index (χ4v) is 2.86. The van der Waals surface area contributed by atoms with Gasteiger partial charge in [0.15, 0.2) is 9.84 Å². The first kappa shape index (κ1) is 15.5. The summed E-state index contributed by atoms with van der Waals surface area (Å²) in [5.74, 6) is -0.397. The van der Waals surface area contributed by atoms with Gasteiger partial charge in [0.25, 0.3) is 5.91 Å². The summed E-state index contributed by atoms with van der Waals surface area (Å²) < 4.78 is 23.7. The first-order chi connectivity index (χ1) is 9.77. The molecule has 0 saturated carbocycles. The molecule has 2 aromatic rings. The lowest BCUT2D eigenvalue weighted by Crippen LogP contribution is -2.13. The predicted octanol–water partition coefficient (Wildman–Crippen LogP) is 2.69. The number of anilines is 2. The maximum atomic E-state index is 12.2. The van der Waals surface area contributed by atoms with E-state index >= 15 is 0 Å². The number of nitrogens with one attached hydrogen (secondary N) is 1. The molecule has 0 fully saturated rings. The third kappa shape index (κ3) is 3.83. The summed E-state index contributed by atoms with van der Waals surface area (Å²) in [6.07, 6.45) is 1.10. The highest BCUT2D eigenvalue weighted by molar-refractivity contribution is 9.10. The minimum absolute atomic E-state index is 0.103. The number of rotatable bonds is 3. The molecule has 0 radical (unpaired) electrons. The number of carbonyl (C=O) groups excluding carboxylic acids is 1. The van der Waals surface area contributed by atoms with Crippen molar-refractivity contribution in [3.63, 3.8) is 0 Å². The van der Waals surface area contributed by atoms with Crippen LogP contribution >= 0.6 is 15.9 Å². The minimum Gasteiger partial charge on any atom is -0.399 e. The Labute approximate surface area is 131 Å². The van der Waals surface area contributed by atoms with Crippen LogP contribution < -0.4 is 11.1 Å². The van der Waals surface area contributed by atoms with Crippen molar-refractivity contribution in [3.05, 3.63) is 52.5 Å². The Morgan fingerprint density at radius 3 is 2.52 bits per heavy atom. The molecule has 21 heavy (non-hydrogen) atoms. The van der Waals surface area contributed by atoms with E-state index in [1.807, 2.05) is 0 Å². The van der Waals surface area contributed by atoms with E-state index in [0.717, 1.165) is 6.26 Å². The van der Waals surface area contributed by atoms with Crippen molar-refractivity contribution in [2.45, 2.75) is 4.90 Å². The Balaban J connectivity index is 2.29. The fraction of sp³-hybridized carbons (Fsp3) is 0.0714. The second kappa shape index (κ2) is 5.87. The second-order valence-electron chi connectivity index (χ2n) is 4.49. The summed E-state index contributed by atoms with van der Waals surface area (Å²) in [6, 6.07) is 10.9. The van der Waals surface area contributed by atoms with Crippen LogP contribution in [-0.4, -0.2) is 20.6 Å². The van der Waals surface area contributed by atoms with Gasteiger partial charge in [-0.1, -0.05) is 6.07 Å². The van der Waals surface area contributed by atoms with Crippen LogP contribution in [0.4, 0.5) is 11.4 Å². The van der Waals surface area contributed by atoms with Gasteiger partial charge in [0.1, 0.15) is 0 Å². The first-order valence-electron chi connectivity index (χ1n) is 5.94. The maximum Gasteiger partial charge on any atom is 0.255 e. The van der Waals surface area contributed by atoms with Gasteiger partial charge < -0.3 is 11.1 Å². The molecule has 0 aliphatic heterocycles. The quantitative estimate of drug-likeness (QED) is 0.815. The smallest absolute Gasteiger partial charge is 0.255 e. The van der Waals surface area contributed by atoms with E-state index in [-0.39, 0.29) is 10.5 Å². The molecular weight excluding hydrogens is 356 g/mol. The van der Waals surface area contributed by atoms with Gasteiger partial charge in [-0.05, 0) is 52.3 Å². The van der Waals surface area contributed by atoms with E-state index in [0.29, 0.717) is 15.8 Å². The summed E-state index contributed by atoms with van der Waals surface area (Å²) >= 11 is 3.30. The number of amides is 1. The molecule has 110 valence electrons. The number of benzene rings is 2. The molecule has 3 N–H and O–H groups in total. The Morgan fingerprint density at radius 1 is 1.19 bits per heavy atom. The minimum atomic E-state index is -3.35. The fourth-order valence-electron chi connectivity index (χ4n) is 1.70. The van der Waals surface area contributed by atoms with Gasteiger partial charge in [0.05, 0.1) is 10.6 Å². The highest BCUT2D eigenvalue weighted by Crippen LogP contribution is 2.25. The topological polar surface area (TPSA) is 89.3 Å². The lowest BCUT2D eigenvalue weighted by Gasteiger charge is -2.09. The number of nitrogens with two attached hydrogens (primary N) is 1. The second-order valence-corrected chi connectivity index (χ2v) is 7.36. The zero-order valence-corrected chi connectivity index (χ0v) is 13.5. The van der Waals surface area contributed by atoms with Gasteiger partial charge in [0, 0.05) is 22.0 Å². The Morgan fingerprint density at radius 2 is 1.90 bits per heavy atom. The number of carbonyl (C=O) groups is 1. The van der Waals surface area contributed by atoms with Crippen LogP contribution in [0.1, 0.15) is 10.4 Å². The molecule has 0 aromatic heterocycles. The lowest BCUT2D eigenvalue weighted by atomic mass is 10.2. The van der Waals surface area contributed by atoms with Gasteiger partial charge in [-0.25, -0.2) is 8.42 Å². The summed E-state index contributed by atoms with van der Waals surface area (Å²) in [7, 11) is -3.35. The van der Waals surface area contributed by atoms with Crippen LogP contribution in [0.2, 0.25) is 0 Å². The summed E-state index contributed by atoms with van der Waals surface area (Å²) in [5, 5.41) is 2.70. The molecule has 1 amide bonds. The van der Waals surface area contributed by atoms with E-state index in [2.05, 4.69) is 21.2 Å². The van der Waals surface area contributed by atoms with E-state index in [4.69, 9.17) is 5.73 Å². The molecule has 0 atom stereocenters. The third-order valence-corrected chi connectivity index (χ3v) is 4.53. The van der Waals surface area contributed by atoms with Crippen molar-refractivity contribution >= 4 is 43.0 Å². The molecule has 5 nitrogen and oxygen atoms in total. The highest BCUT2D eigenvalue weighted by Gasteiger charge is 2.12. The zero-order valence-electron chi connectivity index (χ0n) is 11.1. The third-order valence-electron chi connectivity index (χ3n) is 2.77. The molecule has 7 heteroatoms. The highest BCUT2D eigenvalue weighted by atomic mass is 79.9. The number of hydrogen-bond acceptors (Lipinski definition) is 4. The van der Waals surface area contributed by atoms with Crippen molar-refractivity contribution in [2.75, 3.05) is 17.3 Å². The van der Waals surface area contributed by atoms with Gasteiger partial charge in [-0.15, -0.1) is 0 Å². The molecule has 0 heterocycles. The number of sulfone groups is 1. The van der Waals surface area contributed by atoms with Crippen molar-refractivity contribution in [2.24, 2.45) is 0 Å². The number of halogens is 1. The molecule has 0 saturated heterocycles. The van der Waals surface area contributed by atoms with Crippen LogP contribution in [0, 0.1) is 0 Å². The lowest BCUT2D eigenvalue weighted by molar-refractivity contribution is 0.102. The van der Waals surface area contributed by atoms with Crippen LogP contribution in [-0.2, 0) is 9.84 Å². The van der Waals surface area contributed by atoms with Crippen LogP contribution in [0.25, 0.3) is 0 Å². The summed E-state index contributed by atoms with van der Waals surface area (Å²) in [4.78, 5) is 12.3. The normalized spacial score (nSPS) is 11.1. The van der Waals surface area contributed by atoms with Crippen molar-refractivity contribution < 1.29 is 13.2 Å².